The molecule has 0 amide bonds. The van der Waals surface area contributed by atoms with Crippen LogP contribution in [0.2, 0.25) is 0 Å². The van der Waals surface area contributed by atoms with Crippen LogP contribution in [0.15, 0.2) is 38.3 Å². The van der Waals surface area contributed by atoms with Gasteiger partial charge < -0.3 is 20.1 Å². The van der Waals surface area contributed by atoms with Crippen molar-refractivity contribution >= 4 is 51.6 Å². The lowest BCUT2D eigenvalue weighted by atomic mass is 10.1. The van der Waals surface area contributed by atoms with E-state index in [9.17, 15) is 0 Å². The Kier molecular flexibility index (Phi) is 9.07. The molecule has 2 aromatic rings. The van der Waals surface area contributed by atoms with Gasteiger partial charge >= 0.3 is 0 Å². The largest absolute Gasteiger partial charge is 0.369 e. The van der Waals surface area contributed by atoms with Crippen LogP contribution in [0.4, 0.5) is 5.69 Å². The lowest BCUT2D eigenvalue weighted by molar-refractivity contribution is 0.392. The van der Waals surface area contributed by atoms with Gasteiger partial charge in [-0.1, -0.05) is 21.1 Å². The zero-order chi connectivity index (χ0) is 19.2. The zero-order valence-electron chi connectivity index (χ0n) is 16.7. The van der Waals surface area contributed by atoms with Crippen LogP contribution < -0.4 is 15.5 Å². The van der Waals surface area contributed by atoms with Gasteiger partial charge in [0.15, 0.2) is 5.96 Å². The van der Waals surface area contributed by atoms with E-state index >= 15 is 0 Å². The lowest BCUT2D eigenvalue weighted by Gasteiger charge is -2.20. The highest BCUT2D eigenvalue weighted by Gasteiger charge is 2.23. The highest BCUT2D eigenvalue weighted by Crippen LogP contribution is 2.22. The maximum Gasteiger partial charge on any atom is 0.191 e. The van der Waals surface area contributed by atoms with Crippen molar-refractivity contribution in [2.45, 2.75) is 39.7 Å². The molecule has 8 heteroatoms. The van der Waals surface area contributed by atoms with Gasteiger partial charge in [0, 0.05) is 47.9 Å². The standard InChI is InChI=1S/C20H28BrN5O.HI/c1-4-22-20(23-11-9-19-14(2)25-27-15(19)3)24-17-10-12-26(13-17)18-7-5-16(21)6-8-18;/h5-8,17H,4,9-13H2,1-3H3,(H2,22,23,24);1H. The monoisotopic (exact) mass is 561 g/mol. The van der Waals surface area contributed by atoms with Gasteiger partial charge in [-0.15, -0.1) is 24.0 Å². The van der Waals surface area contributed by atoms with Gasteiger partial charge in [-0.25, -0.2) is 0 Å². The fraction of sp³-hybridized carbons (Fsp3) is 0.500. The number of rotatable bonds is 6. The zero-order valence-corrected chi connectivity index (χ0v) is 20.6. The van der Waals surface area contributed by atoms with E-state index in [1.807, 2.05) is 13.8 Å². The molecule has 154 valence electrons. The summed E-state index contributed by atoms with van der Waals surface area (Å²) in [5, 5.41) is 11.0. The molecule has 1 aromatic heterocycles. The van der Waals surface area contributed by atoms with E-state index in [-0.39, 0.29) is 24.0 Å². The fourth-order valence-electron chi connectivity index (χ4n) is 3.42. The molecule has 1 unspecified atom stereocenters. The number of aliphatic imine (C=N–C) groups is 1. The smallest absolute Gasteiger partial charge is 0.191 e. The molecule has 0 bridgehead atoms. The first kappa shape index (κ1) is 23.0. The van der Waals surface area contributed by atoms with Crippen molar-refractivity contribution in [3.63, 3.8) is 0 Å². The second-order valence-corrected chi connectivity index (χ2v) is 7.78. The Balaban J connectivity index is 0.00000280. The van der Waals surface area contributed by atoms with Crippen LogP contribution >= 0.6 is 39.9 Å². The third-order valence-electron chi connectivity index (χ3n) is 4.88. The van der Waals surface area contributed by atoms with E-state index in [1.165, 1.54) is 5.69 Å². The molecule has 1 aromatic carbocycles. The number of halogens is 2. The second-order valence-electron chi connectivity index (χ2n) is 6.87. The first-order valence-electron chi connectivity index (χ1n) is 9.54. The summed E-state index contributed by atoms with van der Waals surface area (Å²) in [4.78, 5) is 7.16. The van der Waals surface area contributed by atoms with Gasteiger partial charge in [0.25, 0.3) is 0 Å². The molecular formula is C20H29BrIN5O. The number of anilines is 1. The molecule has 0 spiro atoms. The van der Waals surface area contributed by atoms with E-state index in [0.29, 0.717) is 12.6 Å². The van der Waals surface area contributed by atoms with Crippen LogP contribution in [0.1, 0.15) is 30.4 Å². The minimum absolute atomic E-state index is 0. The van der Waals surface area contributed by atoms with E-state index in [4.69, 9.17) is 9.52 Å². The third-order valence-corrected chi connectivity index (χ3v) is 5.41. The van der Waals surface area contributed by atoms with Crippen molar-refractivity contribution in [1.82, 2.24) is 15.8 Å². The molecule has 1 fully saturated rings. The third kappa shape index (κ3) is 6.10. The quantitative estimate of drug-likeness (QED) is 0.316. The van der Waals surface area contributed by atoms with Gasteiger partial charge in [-0.2, -0.15) is 0 Å². The summed E-state index contributed by atoms with van der Waals surface area (Å²) in [5.74, 6) is 1.77. The van der Waals surface area contributed by atoms with Crippen LogP contribution in [-0.2, 0) is 6.42 Å². The molecule has 1 aliphatic rings. The summed E-state index contributed by atoms with van der Waals surface area (Å²) >= 11 is 3.50. The predicted molar refractivity (Wildman–Crippen MR) is 129 cm³/mol. The first-order chi connectivity index (χ1) is 13.1. The summed E-state index contributed by atoms with van der Waals surface area (Å²) in [6.07, 6.45) is 1.94. The van der Waals surface area contributed by atoms with Gasteiger partial charge in [0.05, 0.1) is 5.69 Å². The minimum Gasteiger partial charge on any atom is -0.369 e. The molecule has 3 rings (SSSR count). The number of guanidine groups is 1. The van der Waals surface area contributed by atoms with Crippen molar-refractivity contribution in [2.24, 2.45) is 4.99 Å². The highest BCUT2D eigenvalue weighted by molar-refractivity contribution is 14.0. The first-order valence-corrected chi connectivity index (χ1v) is 10.3. The van der Waals surface area contributed by atoms with Crippen molar-refractivity contribution in [1.29, 1.82) is 0 Å². The Bertz CT molecular complexity index is 758. The normalized spacial score (nSPS) is 16.8. The number of hydrogen-bond donors (Lipinski definition) is 2. The number of aromatic nitrogens is 1. The summed E-state index contributed by atoms with van der Waals surface area (Å²) in [6, 6.07) is 8.91. The Labute approximate surface area is 192 Å². The topological polar surface area (TPSA) is 65.7 Å². The summed E-state index contributed by atoms with van der Waals surface area (Å²) < 4.78 is 6.34. The van der Waals surface area contributed by atoms with Crippen LogP contribution in [0.25, 0.3) is 0 Å². The molecule has 0 saturated carbocycles. The van der Waals surface area contributed by atoms with Gasteiger partial charge in [-0.3, -0.25) is 4.99 Å². The molecule has 1 saturated heterocycles. The van der Waals surface area contributed by atoms with Gasteiger partial charge in [0.2, 0.25) is 0 Å². The van der Waals surface area contributed by atoms with E-state index in [0.717, 1.165) is 59.9 Å². The number of benzene rings is 1. The van der Waals surface area contributed by atoms with Crippen molar-refractivity contribution < 1.29 is 4.52 Å². The van der Waals surface area contributed by atoms with Crippen molar-refractivity contribution in [3.8, 4) is 0 Å². The van der Waals surface area contributed by atoms with Crippen LogP contribution in [0.3, 0.4) is 0 Å². The molecule has 0 aliphatic carbocycles. The van der Waals surface area contributed by atoms with E-state index in [2.05, 4.69) is 67.8 Å². The van der Waals surface area contributed by atoms with Crippen LogP contribution in [0, 0.1) is 13.8 Å². The van der Waals surface area contributed by atoms with Crippen LogP contribution in [-0.4, -0.2) is 43.3 Å². The summed E-state index contributed by atoms with van der Waals surface area (Å²) in [5.41, 5.74) is 3.39. The Morgan fingerprint density at radius 2 is 2.07 bits per heavy atom. The highest BCUT2D eigenvalue weighted by atomic mass is 127. The number of nitrogens with zero attached hydrogens (tertiary/aromatic N) is 3. The van der Waals surface area contributed by atoms with Crippen molar-refractivity contribution in [2.75, 3.05) is 31.1 Å². The maximum atomic E-state index is 5.23. The number of nitrogens with one attached hydrogen (secondary N) is 2. The molecule has 0 radical (unpaired) electrons. The average molecular weight is 562 g/mol. The molecule has 28 heavy (non-hydrogen) atoms. The Morgan fingerprint density at radius 3 is 2.71 bits per heavy atom. The van der Waals surface area contributed by atoms with Gasteiger partial charge in [-0.05, 0) is 57.9 Å². The fourth-order valence-corrected chi connectivity index (χ4v) is 3.68. The number of hydrogen-bond acceptors (Lipinski definition) is 4. The molecule has 1 aliphatic heterocycles. The summed E-state index contributed by atoms with van der Waals surface area (Å²) in [6.45, 7) is 9.62. The van der Waals surface area contributed by atoms with Gasteiger partial charge in [0.1, 0.15) is 5.76 Å². The number of aryl methyl sites for hydroxylation is 2. The van der Waals surface area contributed by atoms with E-state index < -0.39 is 0 Å². The molecule has 1 atom stereocenters. The van der Waals surface area contributed by atoms with Crippen molar-refractivity contribution in [3.05, 3.63) is 45.8 Å². The average Bonchev–Trinajstić information content (AvgIpc) is 3.24. The molecule has 2 heterocycles. The summed E-state index contributed by atoms with van der Waals surface area (Å²) in [7, 11) is 0. The molecular weight excluding hydrogens is 533 g/mol. The SMILES string of the molecule is CCNC(=NCCc1c(C)noc1C)NC1CCN(c2ccc(Br)cc2)C1.I. The molecule has 2 N–H and O–H groups in total. The Morgan fingerprint density at radius 1 is 1.32 bits per heavy atom. The minimum atomic E-state index is 0. The van der Waals surface area contributed by atoms with E-state index in [1.54, 1.807) is 0 Å². The van der Waals surface area contributed by atoms with Crippen LogP contribution in [0.5, 0.6) is 0 Å². The maximum absolute atomic E-state index is 5.23. The second kappa shape index (κ2) is 11.0. The molecule has 6 nitrogen and oxygen atoms in total. The lowest BCUT2D eigenvalue weighted by Crippen LogP contribution is -2.44. The predicted octanol–water partition coefficient (Wildman–Crippen LogP) is 4.05. The Hall–Kier alpha value is -1.29.